The molecule has 0 radical (unpaired) electrons. The van der Waals surface area contributed by atoms with E-state index in [0.29, 0.717) is 5.56 Å². The second-order valence-corrected chi connectivity index (χ2v) is 6.69. The predicted octanol–water partition coefficient (Wildman–Crippen LogP) is 6.04. The molecule has 0 atom stereocenters. The molecule has 20 heavy (non-hydrogen) atoms. The standard InChI is InChI=1S/C14H15FS3.H2N2/c1-9-12(7-18-14(9)8-16-2)11-5-4-10(17-3)6-13(11)15;1-2/h4-7H,8H2,1-3H3;1-2H. The molecule has 1 heterocycles. The van der Waals surface area contributed by atoms with Crippen LogP contribution in [0.2, 0.25) is 0 Å². The molecule has 0 aliphatic carbocycles. The molecule has 0 saturated carbocycles. The normalized spacial score (nSPS) is 10.0. The van der Waals surface area contributed by atoms with Gasteiger partial charge in [0.2, 0.25) is 0 Å². The Bertz CT molecular complexity index is 570. The van der Waals surface area contributed by atoms with Gasteiger partial charge in [0.05, 0.1) is 0 Å². The summed E-state index contributed by atoms with van der Waals surface area (Å²) in [6.45, 7) is 2.08. The first kappa shape index (κ1) is 17.2. The SMILES string of the molecule is CSCc1scc(-c2ccc(SC)cc2F)c1C.N=N. The third kappa shape index (κ3) is 3.84. The monoisotopic (exact) mass is 328 g/mol. The minimum atomic E-state index is -0.126. The van der Waals surface area contributed by atoms with Crippen LogP contribution in [0.3, 0.4) is 0 Å². The van der Waals surface area contributed by atoms with Crippen molar-refractivity contribution in [1.29, 1.82) is 11.1 Å². The van der Waals surface area contributed by atoms with Crippen LogP contribution in [-0.4, -0.2) is 12.5 Å². The van der Waals surface area contributed by atoms with E-state index in [4.69, 9.17) is 11.1 Å². The van der Waals surface area contributed by atoms with E-state index >= 15 is 0 Å². The first-order chi connectivity index (χ1) is 9.67. The lowest BCUT2D eigenvalue weighted by Crippen LogP contribution is -1.87. The summed E-state index contributed by atoms with van der Waals surface area (Å²) in [7, 11) is 0. The van der Waals surface area contributed by atoms with Gasteiger partial charge in [-0.1, -0.05) is 6.07 Å². The average Bonchev–Trinajstić information content (AvgIpc) is 2.83. The van der Waals surface area contributed by atoms with Crippen molar-refractivity contribution in [2.24, 2.45) is 0 Å². The van der Waals surface area contributed by atoms with Gasteiger partial charge >= 0.3 is 0 Å². The van der Waals surface area contributed by atoms with Crippen LogP contribution in [0, 0.1) is 23.8 Å². The van der Waals surface area contributed by atoms with E-state index in [0.717, 1.165) is 16.2 Å². The van der Waals surface area contributed by atoms with Crippen molar-refractivity contribution in [2.75, 3.05) is 12.5 Å². The number of rotatable bonds is 4. The molecule has 6 heteroatoms. The number of thiophene rings is 1. The van der Waals surface area contributed by atoms with Gasteiger partial charge in [-0.15, -0.1) is 23.1 Å². The van der Waals surface area contributed by atoms with E-state index in [-0.39, 0.29) is 5.82 Å². The Hall–Kier alpha value is -0.850. The van der Waals surface area contributed by atoms with Gasteiger partial charge in [-0.3, -0.25) is 0 Å². The van der Waals surface area contributed by atoms with Gasteiger partial charge < -0.3 is 0 Å². The minimum Gasteiger partial charge on any atom is -0.213 e. The van der Waals surface area contributed by atoms with E-state index in [1.54, 1.807) is 40.9 Å². The maximum atomic E-state index is 14.1. The lowest BCUT2D eigenvalue weighted by molar-refractivity contribution is 0.628. The smallest absolute Gasteiger partial charge is 0.132 e. The van der Waals surface area contributed by atoms with E-state index < -0.39 is 0 Å². The second-order valence-electron chi connectivity index (χ2n) is 3.98. The van der Waals surface area contributed by atoms with Crippen molar-refractivity contribution < 1.29 is 4.39 Å². The zero-order chi connectivity index (χ0) is 15.1. The van der Waals surface area contributed by atoms with Crippen LogP contribution in [0.4, 0.5) is 4.39 Å². The molecular weight excluding hydrogens is 311 g/mol. The molecule has 0 amide bonds. The molecule has 0 aliphatic heterocycles. The van der Waals surface area contributed by atoms with Gasteiger partial charge in [-0.2, -0.15) is 11.8 Å². The van der Waals surface area contributed by atoms with E-state index in [1.165, 1.54) is 10.4 Å². The highest BCUT2D eigenvalue weighted by Gasteiger charge is 2.12. The van der Waals surface area contributed by atoms with Crippen molar-refractivity contribution >= 4 is 34.9 Å². The van der Waals surface area contributed by atoms with Crippen LogP contribution in [-0.2, 0) is 5.75 Å². The fraction of sp³-hybridized carbons (Fsp3) is 0.286. The first-order valence-corrected chi connectivity index (χ1v) is 9.32. The van der Waals surface area contributed by atoms with Gasteiger partial charge in [0, 0.05) is 21.1 Å². The topological polar surface area (TPSA) is 47.7 Å². The zero-order valence-electron chi connectivity index (χ0n) is 11.6. The molecule has 0 bridgehead atoms. The van der Waals surface area contributed by atoms with E-state index in [2.05, 4.69) is 18.6 Å². The highest BCUT2D eigenvalue weighted by atomic mass is 32.2. The largest absolute Gasteiger partial charge is 0.213 e. The van der Waals surface area contributed by atoms with Crippen molar-refractivity contribution in [2.45, 2.75) is 17.6 Å². The molecule has 0 saturated heterocycles. The molecule has 0 fully saturated rings. The highest BCUT2D eigenvalue weighted by molar-refractivity contribution is 7.98. The maximum absolute atomic E-state index is 14.1. The zero-order valence-corrected chi connectivity index (χ0v) is 14.1. The summed E-state index contributed by atoms with van der Waals surface area (Å²) in [5, 5.41) is 2.07. The lowest BCUT2D eigenvalue weighted by atomic mass is 10.0. The highest BCUT2D eigenvalue weighted by Crippen LogP contribution is 2.35. The number of nitrogens with one attached hydrogen (secondary N) is 2. The second kappa shape index (κ2) is 8.44. The average molecular weight is 329 g/mol. The molecular formula is C14H17FN2S3. The van der Waals surface area contributed by atoms with Gasteiger partial charge in [0.25, 0.3) is 0 Å². The number of hydrogen-bond acceptors (Lipinski definition) is 5. The summed E-state index contributed by atoms with van der Waals surface area (Å²) < 4.78 is 14.1. The third-order valence-corrected chi connectivity index (χ3v) is 5.46. The molecule has 1 aromatic carbocycles. The Morgan fingerprint density at radius 3 is 2.45 bits per heavy atom. The molecule has 0 aliphatic rings. The first-order valence-electron chi connectivity index (χ1n) is 5.82. The fourth-order valence-electron chi connectivity index (χ4n) is 1.84. The lowest BCUT2D eigenvalue weighted by Gasteiger charge is -2.05. The number of hydrogen-bond donors (Lipinski definition) is 2. The third-order valence-electron chi connectivity index (χ3n) is 2.88. The van der Waals surface area contributed by atoms with Crippen LogP contribution < -0.4 is 0 Å². The molecule has 108 valence electrons. The maximum Gasteiger partial charge on any atom is 0.132 e. The summed E-state index contributed by atoms with van der Waals surface area (Å²) in [5.41, 5.74) is 13.0. The minimum absolute atomic E-state index is 0.126. The van der Waals surface area contributed by atoms with Crippen LogP contribution in [0.15, 0.2) is 28.5 Å². The summed E-state index contributed by atoms with van der Waals surface area (Å²) in [4.78, 5) is 2.30. The van der Waals surface area contributed by atoms with Crippen LogP contribution >= 0.6 is 34.9 Å². The number of thioether (sulfide) groups is 2. The predicted molar refractivity (Wildman–Crippen MR) is 88.9 cm³/mol. The Balaban J connectivity index is 0.000000956. The van der Waals surface area contributed by atoms with Gasteiger partial charge in [-0.25, -0.2) is 15.5 Å². The van der Waals surface area contributed by atoms with E-state index in [9.17, 15) is 4.39 Å². The van der Waals surface area contributed by atoms with Crippen molar-refractivity contribution in [1.82, 2.24) is 0 Å². The summed E-state index contributed by atoms with van der Waals surface area (Å²) in [6.07, 6.45) is 4.05. The molecule has 2 rings (SSSR count). The molecule has 0 spiro atoms. The molecule has 2 N–H and O–H groups in total. The number of halogens is 1. The Labute approximate surface area is 131 Å². The van der Waals surface area contributed by atoms with Gasteiger partial charge in [0.15, 0.2) is 0 Å². The summed E-state index contributed by atoms with van der Waals surface area (Å²) >= 11 is 5.09. The van der Waals surface area contributed by atoms with Crippen molar-refractivity contribution in [3.05, 3.63) is 39.8 Å². The quantitative estimate of drug-likeness (QED) is 0.530. The Morgan fingerprint density at radius 2 is 1.90 bits per heavy atom. The molecule has 2 aromatic rings. The Kier molecular flexibility index (Phi) is 7.26. The number of benzene rings is 1. The van der Waals surface area contributed by atoms with Crippen LogP contribution in [0.25, 0.3) is 11.1 Å². The van der Waals surface area contributed by atoms with Crippen LogP contribution in [0.5, 0.6) is 0 Å². The molecule has 2 nitrogen and oxygen atoms in total. The summed E-state index contributed by atoms with van der Waals surface area (Å²) in [6, 6.07) is 5.48. The van der Waals surface area contributed by atoms with Gasteiger partial charge in [-0.05, 0) is 48.1 Å². The van der Waals surface area contributed by atoms with Crippen LogP contribution in [0.1, 0.15) is 10.4 Å². The Morgan fingerprint density at radius 1 is 1.20 bits per heavy atom. The van der Waals surface area contributed by atoms with Crippen molar-refractivity contribution in [3.63, 3.8) is 0 Å². The molecule has 1 aromatic heterocycles. The van der Waals surface area contributed by atoms with E-state index in [1.807, 2.05) is 18.4 Å². The van der Waals surface area contributed by atoms with Crippen molar-refractivity contribution in [3.8, 4) is 11.1 Å². The fourth-order valence-corrected chi connectivity index (χ4v) is 4.22. The summed E-state index contributed by atoms with van der Waals surface area (Å²) in [5.74, 6) is 0.875. The molecule has 0 unspecified atom stereocenters. The van der Waals surface area contributed by atoms with Gasteiger partial charge in [0.1, 0.15) is 5.82 Å².